The summed E-state index contributed by atoms with van der Waals surface area (Å²) < 4.78 is 46.8. The zero-order chi connectivity index (χ0) is 12.9. The topological polar surface area (TPSA) is 80.7 Å². The van der Waals surface area contributed by atoms with E-state index in [0.29, 0.717) is 0 Å². The lowest BCUT2D eigenvalue weighted by Crippen LogP contribution is -2.27. The summed E-state index contributed by atoms with van der Waals surface area (Å²) in [6, 6.07) is 0. The molecule has 0 radical (unpaired) electrons. The Bertz CT molecular complexity index is 348. The molecular formula is C10H17FO5S. The molecule has 0 amide bonds. The van der Waals surface area contributed by atoms with Crippen molar-refractivity contribution < 1.29 is 26.9 Å². The predicted molar refractivity (Wildman–Crippen MR) is 58.8 cm³/mol. The summed E-state index contributed by atoms with van der Waals surface area (Å²) in [7, 11) is -4.36. The molecule has 100 valence electrons. The van der Waals surface area contributed by atoms with Crippen LogP contribution in [0.15, 0.2) is 0 Å². The van der Waals surface area contributed by atoms with Crippen LogP contribution in [0.2, 0.25) is 0 Å². The van der Waals surface area contributed by atoms with E-state index < -0.39 is 34.6 Å². The number of ether oxygens (including phenoxy) is 1. The number of esters is 1. The van der Waals surface area contributed by atoms with Gasteiger partial charge in [-0.3, -0.25) is 9.35 Å². The van der Waals surface area contributed by atoms with Crippen molar-refractivity contribution in [3.8, 4) is 0 Å². The molecular weight excluding hydrogens is 251 g/mol. The molecule has 5 nitrogen and oxygen atoms in total. The molecule has 1 fully saturated rings. The van der Waals surface area contributed by atoms with Gasteiger partial charge in [-0.1, -0.05) is 19.3 Å². The smallest absolute Gasteiger partial charge is 0.309 e. The zero-order valence-electron chi connectivity index (χ0n) is 9.47. The van der Waals surface area contributed by atoms with Gasteiger partial charge in [0, 0.05) is 0 Å². The van der Waals surface area contributed by atoms with Gasteiger partial charge in [0.2, 0.25) is 0 Å². The third-order valence-electron chi connectivity index (χ3n) is 2.74. The molecule has 0 aliphatic heterocycles. The molecule has 1 saturated carbocycles. The first-order chi connectivity index (χ1) is 7.88. The molecule has 0 bridgehead atoms. The summed E-state index contributed by atoms with van der Waals surface area (Å²) in [5.41, 5.74) is 0. The van der Waals surface area contributed by atoms with E-state index in [2.05, 4.69) is 0 Å². The van der Waals surface area contributed by atoms with Gasteiger partial charge < -0.3 is 4.74 Å². The van der Waals surface area contributed by atoms with Crippen LogP contribution in [0.3, 0.4) is 0 Å². The minimum absolute atomic E-state index is 0.193. The van der Waals surface area contributed by atoms with Crippen LogP contribution < -0.4 is 0 Å². The first-order valence-corrected chi connectivity index (χ1v) is 7.25. The molecule has 0 aromatic carbocycles. The van der Waals surface area contributed by atoms with E-state index in [9.17, 15) is 17.6 Å². The highest BCUT2D eigenvalue weighted by atomic mass is 32.2. The van der Waals surface area contributed by atoms with Crippen LogP contribution in [0.5, 0.6) is 0 Å². The van der Waals surface area contributed by atoms with Crippen molar-refractivity contribution >= 4 is 16.1 Å². The van der Waals surface area contributed by atoms with Crippen molar-refractivity contribution in [3.63, 3.8) is 0 Å². The molecule has 7 heteroatoms. The Labute approximate surface area is 100 Å². The van der Waals surface area contributed by atoms with Gasteiger partial charge in [-0.05, 0) is 12.8 Å². The Kier molecular flexibility index (Phi) is 5.32. The average Bonchev–Trinajstić information content (AvgIpc) is 2.25. The van der Waals surface area contributed by atoms with E-state index in [1.54, 1.807) is 0 Å². The molecule has 1 rings (SSSR count). The second-order valence-electron chi connectivity index (χ2n) is 4.31. The first-order valence-electron chi connectivity index (χ1n) is 5.64. The lowest BCUT2D eigenvalue weighted by atomic mass is 9.89. The molecule has 0 aromatic heterocycles. The molecule has 17 heavy (non-hydrogen) atoms. The number of carbonyl (C=O) groups excluding carboxylic acids is 1. The van der Waals surface area contributed by atoms with E-state index in [4.69, 9.17) is 9.29 Å². The third kappa shape index (κ3) is 5.97. The van der Waals surface area contributed by atoms with Crippen LogP contribution in [0.25, 0.3) is 0 Å². The van der Waals surface area contributed by atoms with E-state index >= 15 is 0 Å². The van der Waals surface area contributed by atoms with Gasteiger partial charge >= 0.3 is 5.97 Å². The van der Waals surface area contributed by atoms with E-state index in [0.717, 1.165) is 32.1 Å². The standard InChI is InChI=1S/C10H17FO5S/c11-9(7-17(13,14)15)6-16-10(12)8-4-2-1-3-5-8/h8-9H,1-7H2,(H,13,14,15). The number of rotatable bonds is 5. The van der Waals surface area contributed by atoms with Gasteiger partial charge in [-0.2, -0.15) is 8.42 Å². The van der Waals surface area contributed by atoms with Gasteiger partial charge in [0.15, 0.2) is 6.17 Å². The number of alkyl halides is 1. The summed E-state index contributed by atoms with van der Waals surface area (Å²) in [4.78, 5) is 11.5. The summed E-state index contributed by atoms with van der Waals surface area (Å²) >= 11 is 0. The fourth-order valence-corrected chi connectivity index (χ4v) is 2.46. The van der Waals surface area contributed by atoms with Gasteiger partial charge in [0.25, 0.3) is 10.1 Å². The summed E-state index contributed by atoms with van der Waals surface area (Å²) in [5.74, 6) is -1.70. The van der Waals surface area contributed by atoms with Crippen molar-refractivity contribution in [2.24, 2.45) is 5.92 Å². The summed E-state index contributed by atoms with van der Waals surface area (Å²) in [6.45, 7) is -0.616. The highest BCUT2D eigenvalue weighted by Crippen LogP contribution is 2.24. The predicted octanol–water partition coefficient (Wildman–Crippen LogP) is 1.34. The third-order valence-corrected chi connectivity index (χ3v) is 3.52. The van der Waals surface area contributed by atoms with Crippen molar-refractivity contribution in [1.82, 2.24) is 0 Å². The molecule has 1 aliphatic rings. The quantitative estimate of drug-likeness (QED) is 0.601. The minimum Gasteiger partial charge on any atom is -0.462 e. The van der Waals surface area contributed by atoms with E-state index in [-0.39, 0.29) is 5.92 Å². The van der Waals surface area contributed by atoms with Crippen LogP contribution in [-0.2, 0) is 19.6 Å². The van der Waals surface area contributed by atoms with Crippen molar-refractivity contribution in [2.45, 2.75) is 38.3 Å². The fraction of sp³-hybridized carbons (Fsp3) is 0.900. The summed E-state index contributed by atoms with van der Waals surface area (Å²) in [5, 5.41) is 0. The molecule has 0 heterocycles. The minimum atomic E-state index is -4.36. The molecule has 1 unspecified atom stereocenters. The Morgan fingerprint density at radius 1 is 1.35 bits per heavy atom. The Morgan fingerprint density at radius 2 is 1.94 bits per heavy atom. The van der Waals surface area contributed by atoms with Gasteiger partial charge in [-0.25, -0.2) is 4.39 Å². The highest BCUT2D eigenvalue weighted by Gasteiger charge is 2.24. The molecule has 1 atom stereocenters. The molecule has 0 saturated heterocycles. The second kappa shape index (κ2) is 6.30. The Balaban J connectivity index is 2.27. The van der Waals surface area contributed by atoms with Gasteiger partial charge in [0.05, 0.1) is 5.92 Å². The van der Waals surface area contributed by atoms with Crippen molar-refractivity contribution in [2.75, 3.05) is 12.4 Å². The van der Waals surface area contributed by atoms with Crippen LogP contribution in [0.1, 0.15) is 32.1 Å². The maximum atomic E-state index is 13.0. The average molecular weight is 268 g/mol. The molecule has 0 aromatic rings. The van der Waals surface area contributed by atoms with Crippen LogP contribution >= 0.6 is 0 Å². The lowest BCUT2D eigenvalue weighted by molar-refractivity contribution is -0.151. The second-order valence-corrected chi connectivity index (χ2v) is 5.81. The first kappa shape index (κ1) is 14.4. The number of hydrogen-bond acceptors (Lipinski definition) is 4. The van der Waals surface area contributed by atoms with Crippen LogP contribution in [-0.4, -0.2) is 37.5 Å². The van der Waals surface area contributed by atoms with Crippen LogP contribution in [0, 0.1) is 5.92 Å². The normalized spacial score (nSPS) is 19.9. The Morgan fingerprint density at radius 3 is 2.47 bits per heavy atom. The lowest BCUT2D eigenvalue weighted by Gasteiger charge is -2.20. The SMILES string of the molecule is O=C(OCC(F)CS(=O)(=O)O)C1CCCCC1. The van der Waals surface area contributed by atoms with Crippen molar-refractivity contribution in [1.29, 1.82) is 0 Å². The largest absolute Gasteiger partial charge is 0.462 e. The fourth-order valence-electron chi connectivity index (χ4n) is 1.91. The number of halogens is 1. The highest BCUT2D eigenvalue weighted by molar-refractivity contribution is 7.85. The van der Waals surface area contributed by atoms with Crippen LogP contribution in [0.4, 0.5) is 4.39 Å². The Hall–Kier alpha value is -0.690. The van der Waals surface area contributed by atoms with E-state index in [1.165, 1.54) is 0 Å². The summed E-state index contributed by atoms with van der Waals surface area (Å²) in [6.07, 6.45) is 2.63. The van der Waals surface area contributed by atoms with Gasteiger partial charge in [-0.15, -0.1) is 0 Å². The van der Waals surface area contributed by atoms with E-state index in [1.807, 2.05) is 0 Å². The zero-order valence-corrected chi connectivity index (χ0v) is 10.3. The number of hydrogen-bond donors (Lipinski definition) is 1. The van der Waals surface area contributed by atoms with Crippen molar-refractivity contribution in [3.05, 3.63) is 0 Å². The number of carbonyl (C=O) groups is 1. The van der Waals surface area contributed by atoms with Gasteiger partial charge in [0.1, 0.15) is 12.4 Å². The maximum Gasteiger partial charge on any atom is 0.309 e. The molecule has 1 aliphatic carbocycles. The monoisotopic (exact) mass is 268 g/mol. The molecule has 0 spiro atoms. The molecule has 1 N–H and O–H groups in total. The maximum absolute atomic E-state index is 13.0.